The van der Waals surface area contributed by atoms with Gasteiger partial charge in [0.2, 0.25) is 5.91 Å². The maximum atomic E-state index is 14.4. The van der Waals surface area contributed by atoms with E-state index in [4.69, 9.17) is 9.72 Å². The number of halogens is 1. The van der Waals surface area contributed by atoms with Crippen LogP contribution in [0.25, 0.3) is 11.0 Å². The number of carbonyl (C=O) groups excluding carboxylic acids is 1. The van der Waals surface area contributed by atoms with Gasteiger partial charge in [-0.2, -0.15) is 0 Å². The first-order valence-corrected chi connectivity index (χ1v) is 12.2. The Balaban J connectivity index is 1.30. The molecule has 35 heavy (non-hydrogen) atoms. The van der Waals surface area contributed by atoms with Crippen molar-refractivity contribution in [3.8, 4) is 5.75 Å². The topological polar surface area (TPSA) is 47.4 Å². The fourth-order valence-corrected chi connectivity index (χ4v) is 4.86. The predicted molar refractivity (Wildman–Crippen MR) is 136 cm³/mol. The predicted octanol–water partition coefficient (Wildman–Crippen LogP) is 6.17. The van der Waals surface area contributed by atoms with Crippen LogP contribution < -0.4 is 9.64 Å². The number of aryl methyl sites for hydroxylation is 2. The molecule has 1 amide bonds. The average Bonchev–Trinajstić information content (AvgIpc) is 3.42. The summed E-state index contributed by atoms with van der Waals surface area (Å²) < 4.78 is 22.6. The van der Waals surface area contributed by atoms with Crippen molar-refractivity contribution < 1.29 is 13.9 Å². The third-order valence-corrected chi connectivity index (χ3v) is 6.91. The van der Waals surface area contributed by atoms with Crippen molar-refractivity contribution in [2.45, 2.75) is 45.6 Å². The zero-order valence-corrected chi connectivity index (χ0v) is 20.2. The molecule has 180 valence electrons. The summed E-state index contributed by atoms with van der Waals surface area (Å²) in [5.41, 5.74) is 4.74. The number of unbranched alkanes of at least 4 members (excludes halogenated alkanes) is 1. The Morgan fingerprint density at radius 2 is 1.80 bits per heavy atom. The first-order valence-electron chi connectivity index (χ1n) is 12.2. The van der Waals surface area contributed by atoms with Crippen molar-refractivity contribution in [1.29, 1.82) is 0 Å². The van der Waals surface area contributed by atoms with Gasteiger partial charge in [-0.15, -0.1) is 0 Å². The molecule has 4 aromatic rings. The third-order valence-electron chi connectivity index (χ3n) is 6.91. The number of rotatable bonds is 8. The van der Waals surface area contributed by atoms with E-state index in [-0.39, 0.29) is 17.6 Å². The van der Waals surface area contributed by atoms with E-state index in [0.29, 0.717) is 25.3 Å². The number of imidazole rings is 1. The molecule has 1 aliphatic rings. The summed E-state index contributed by atoms with van der Waals surface area (Å²) >= 11 is 0. The molecule has 2 heterocycles. The Bertz CT molecular complexity index is 1360. The minimum absolute atomic E-state index is 0.0689. The lowest BCUT2D eigenvalue weighted by molar-refractivity contribution is -0.117. The van der Waals surface area contributed by atoms with Crippen LogP contribution in [0.4, 0.5) is 10.1 Å². The van der Waals surface area contributed by atoms with Gasteiger partial charge in [-0.25, -0.2) is 9.37 Å². The molecule has 0 saturated carbocycles. The quantitative estimate of drug-likeness (QED) is 0.289. The molecular weight excluding hydrogens is 441 g/mol. The smallest absolute Gasteiger partial charge is 0.227 e. The summed E-state index contributed by atoms with van der Waals surface area (Å²) in [6, 6.07) is 20.7. The maximum absolute atomic E-state index is 14.4. The highest BCUT2D eigenvalue weighted by Gasteiger charge is 2.35. The van der Waals surface area contributed by atoms with Gasteiger partial charge in [0.25, 0.3) is 0 Å². The summed E-state index contributed by atoms with van der Waals surface area (Å²) in [6.45, 7) is 6.04. The van der Waals surface area contributed by atoms with Gasteiger partial charge in [0.15, 0.2) is 0 Å². The molecule has 5 nitrogen and oxygen atoms in total. The number of aromatic nitrogens is 2. The Kier molecular flexibility index (Phi) is 6.53. The van der Waals surface area contributed by atoms with Crippen LogP contribution in [0, 0.1) is 19.7 Å². The molecule has 0 bridgehead atoms. The van der Waals surface area contributed by atoms with Gasteiger partial charge in [-0.3, -0.25) is 4.79 Å². The van der Waals surface area contributed by atoms with E-state index in [1.165, 1.54) is 17.2 Å². The summed E-state index contributed by atoms with van der Waals surface area (Å²) in [7, 11) is 0. The minimum Gasteiger partial charge on any atom is -0.493 e. The fourth-order valence-electron chi connectivity index (χ4n) is 4.86. The number of benzene rings is 3. The van der Waals surface area contributed by atoms with Gasteiger partial charge in [0.1, 0.15) is 17.4 Å². The average molecular weight is 472 g/mol. The van der Waals surface area contributed by atoms with Crippen molar-refractivity contribution in [3.63, 3.8) is 0 Å². The molecule has 5 rings (SSSR count). The minimum atomic E-state index is -0.376. The monoisotopic (exact) mass is 471 g/mol. The second-order valence-corrected chi connectivity index (χ2v) is 9.22. The van der Waals surface area contributed by atoms with Crippen molar-refractivity contribution in [2.75, 3.05) is 18.1 Å². The zero-order valence-electron chi connectivity index (χ0n) is 20.2. The Morgan fingerprint density at radius 1 is 1.00 bits per heavy atom. The van der Waals surface area contributed by atoms with Crippen LogP contribution in [-0.2, 0) is 11.3 Å². The van der Waals surface area contributed by atoms with E-state index >= 15 is 0 Å². The standard InChI is InChI=1S/C29H30FN3O2/c1-20-10-9-15-27(21(20)2)35-17-8-7-16-32-26-14-6-4-12-24(26)31-29(32)22-18-28(34)33(19-22)25-13-5-3-11-23(25)30/h3-6,9-15,22H,7-8,16-19H2,1-2H3. The molecule has 0 radical (unpaired) electrons. The van der Waals surface area contributed by atoms with E-state index in [9.17, 15) is 9.18 Å². The molecule has 1 aliphatic heterocycles. The Labute approximate surface area is 205 Å². The lowest BCUT2D eigenvalue weighted by Crippen LogP contribution is -2.25. The number of hydrogen-bond acceptors (Lipinski definition) is 3. The number of carbonyl (C=O) groups is 1. The van der Waals surface area contributed by atoms with E-state index in [1.807, 2.05) is 30.3 Å². The zero-order chi connectivity index (χ0) is 24.4. The molecule has 1 aromatic heterocycles. The van der Waals surface area contributed by atoms with Gasteiger partial charge >= 0.3 is 0 Å². The highest BCUT2D eigenvalue weighted by molar-refractivity contribution is 5.96. The van der Waals surface area contributed by atoms with Crippen LogP contribution in [0.15, 0.2) is 66.7 Å². The molecule has 0 spiro atoms. The lowest BCUT2D eigenvalue weighted by Gasteiger charge is -2.18. The van der Waals surface area contributed by atoms with Gasteiger partial charge in [-0.05, 0) is 68.1 Å². The maximum Gasteiger partial charge on any atom is 0.227 e. The van der Waals surface area contributed by atoms with Gasteiger partial charge in [0.05, 0.1) is 23.3 Å². The third kappa shape index (κ3) is 4.65. The van der Waals surface area contributed by atoms with Crippen LogP contribution in [0.3, 0.4) is 0 Å². The fraction of sp³-hybridized carbons (Fsp3) is 0.310. The lowest BCUT2D eigenvalue weighted by atomic mass is 10.1. The van der Waals surface area contributed by atoms with Crippen LogP contribution in [-0.4, -0.2) is 28.6 Å². The highest BCUT2D eigenvalue weighted by Crippen LogP contribution is 2.34. The molecule has 1 fully saturated rings. The van der Waals surface area contributed by atoms with Crippen LogP contribution in [0.2, 0.25) is 0 Å². The number of hydrogen-bond donors (Lipinski definition) is 0. The second-order valence-electron chi connectivity index (χ2n) is 9.22. The van der Waals surface area contributed by atoms with E-state index < -0.39 is 0 Å². The van der Waals surface area contributed by atoms with Crippen molar-refractivity contribution in [1.82, 2.24) is 9.55 Å². The summed E-state index contributed by atoms with van der Waals surface area (Å²) in [4.78, 5) is 19.3. The molecular formula is C29H30FN3O2. The van der Waals surface area contributed by atoms with E-state index in [2.05, 4.69) is 30.5 Å². The van der Waals surface area contributed by atoms with Crippen LogP contribution in [0.5, 0.6) is 5.75 Å². The van der Waals surface area contributed by atoms with Gasteiger partial charge in [0, 0.05) is 25.4 Å². The largest absolute Gasteiger partial charge is 0.493 e. The van der Waals surface area contributed by atoms with E-state index in [1.54, 1.807) is 23.1 Å². The van der Waals surface area contributed by atoms with E-state index in [0.717, 1.165) is 42.0 Å². The molecule has 1 atom stereocenters. The molecule has 1 saturated heterocycles. The van der Waals surface area contributed by atoms with Crippen molar-refractivity contribution in [3.05, 3.63) is 89.5 Å². The highest BCUT2D eigenvalue weighted by atomic mass is 19.1. The Morgan fingerprint density at radius 3 is 2.66 bits per heavy atom. The number of anilines is 1. The summed E-state index contributed by atoms with van der Waals surface area (Å²) in [6.07, 6.45) is 2.16. The number of amides is 1. The summed E-state index contributed by atoms with van der Waals surface area (Å²) in [5.74, 6) is 1.31. The normalized spacial score (nSPS) is 15.8. The van der Waals surface area contributed by atoms with Crippen LogP contribution in [0.1, 0.15) is 42.1 Å². The summed E-state index contributed by atoms with van der Waals surface area (Å²) in [5, 5.41) is 0. The number of nitrogens with zero attached hydrogens (tertiary/aromatic N) is 3. The number of ether oxygens (including phenoxy) is 1. The molecule has 0 aliphatic carbocycles. The second kappa shape index (κ2) is 9.90. The van der Waals surface area contributed by atoms with Crippen LogP contribution >= 0.6 is 0 Å². The first kappa shape index (κ1) is 23.1. The van der Waals surface area contributed by atoms with Gasteiger partial charge in [-0.1, -0.05) is 36.4 Å². The van der Waals surface area contributed by atoms with Crippen molar-refractivity contribution in [2.24, 2.45) is 0 Å². The SMILES string of the molecule is Cc1cccc(OCCCCn2c(C3CC(=O)N(c4ccccc4F)C3)nc3ccccc32)c1C. The molecule has 1 unspecified atom stereocenters. The molecule has 0 N–H and O–H groups in total. The van der Waals surface area contributed by atoms with Gasteiger partial charge < -0.3 is 14.2 Å². The molecule has 3 aromatic carbocycles. The first-order chi connectivity index (χ1) is 17.0. The number of fused-ring (bicyclic) bond motifs is 1. The van der Waals surface area contributed by atoms with Crippen molar-refractivity contribution >= 4 is 22.6 Å². The Hall–Kier alpha value is -3.67. The molecule has 6 heteroatoms. The number of para-hydroxylation sites is 3.